The number of fused-ring (bicyclic) bond motifs is 8. The third-order valence-corrected chi connectivity index (χ3v) is 10.7. The summed E-state index contributed by atoms with van der Waals surface area (Å²) in [6.07, 6.45) is 0. The monoisotopic (exact) mass is 701 g/mol. The Morgan fingerprint density at radius 1 is 0.291 bits per heavy atom. The highest BCUT2D eigenvalue weighted by molar-refractivity contribution is 6.21. The van der Waals surface area contributed by atoms with Crippen molar-refractivity contribution in [3.63, 3.8) is 0 Å². The van der Waals surface area contributed by atoms with Gasteiger partial charge in [0.1, 0.15) is 11.2 Å². The first kappa shape index (κ1) is 31.1. The second-order valence-corrected chi connectivity index (χ2v) is 13.9. The van der Waals surface area contributed by atoms with Crippen LogP contribution in [-0.2, 0) is 0 Å². The Hall–Kier alpha value is -7.43. The fourth-order valence-electron chi connectivity index (χ4n) is 8.17. The molecule has 0 radical (unpaired) electrons. The average Bonchev–Trinajstić information content (AvgIpc) is 3.65. The van der Waals surface area contributed by atoms with Gasteiger partial charge in [0.05, 0.1) is 0 Å². The van der Waals surface area contributed by atoms with Gasteiger partial charge in [-0.15, -0.1) is 0 Å². The van der Waals surface area contributed by atoms with Crippen molar-refractivity contribution in [3.05, 3.63) is 188 Å². The summed E-state index contributed by atoms with van der Waals surface area (Å²) >= 11 is 0. The highest BCUT2D eigenvalue weighted by Crippen LogP contribution is 2.40. The molecule has 2 heterocycles. The molecule has 11 aromatic rings. The number of nitrogens with zero attached hydrogens (tertiary/aromatic N) is 3. The van der Waals surface area contributed by atoms with Crippen LogP contribution in [0.4, 0.5) is 0 Å². The Morgan fingerprint density at radius 2 is 0.800 bits per heavy atom. The summed E-state index contributed by atoms with van der Waals surface area (Å²) in [4.78, 5) is 15.9. The predicted octanol–water partition coefficient (Wildman–Crippen LogP) is 13.6. The summed E-state index contributed by atoms with van der Waals surface area (Å²) in [6, 6.07) is 65.7. The van der Waals surface area contributed by atoms with Crippen molar-refractivity contribution in [2.24, 2.45) is 0 Å². The SMILES string of the molecule is c1ccc(-c2ccccc2-c2nc(-c3ccccc3-c3ccc4ccc5ccc6ccccc6c5c4c3)nc(-c3cccc4oc5ccccc5c34)n2)cc1. The fraction of sp³-hybridized carbons (Fsp3) is 0. The maximum Gasteiger partial charge on any atom is 0.164 e. The second kappa shape index (κ2) is 12.6. The molecule has 9 aromatic carbocycles. The van der Waals surface area contributed by atoms with Crippen LogP contribution in [0.15, 0.2) is 192 Å². The molecule has 0 spiro atoms. The third-order valence-electron chi connectivity index (χ3n) is 10.7. The smallest absolute Gasteiger partial charge is 0.164 e. The number of para-hydroxylation sites is 1. The van der Waals surface area contributed by atoms with Crippen LogP contribution in [-0.4, -0.2) is 15.0 Å². The molecule has 0 amide bonds. The lowest BCUT2D eigenvalue weighted by atomic mass is 9.92. The van der Waals surface area contributed by atoms with Crippen molar-refractivity contribution in [2.75, 3.05) is 0 Å². The summed E-state index contributed by atoms with van der Waals surface area (Å²) in [6.45, 7) is 0. The zero-order valence-corrected chi connectivity index (χ0v) is 29.6. The van der Waals surface area contributed by atoms with Gasteiger partial charge in [0.25, 0.3) is 0 Å². The van der Waals surface area contributed by atoms with Crippen molar-refractivity contribution in [1.29, 1.82) is 0 Å². The zero-order valence-electron chi connectivity index (χ0n) is 29.6. The predicted molar refractivity (Wildman–Crippen MR) is 227 cm³/mol. The summed E-state index contributed by atoms with van der Waals surface area (Å²) < 4.78 is 6.32. The van der Waals surface area contributed by atoms with E-state index in [1.807, 2.05) is 42.5 Å². The Bertz CT molecular complexity index is 3270. The maximum absolute atomic E-state index is 6.32. The van der Waals surface area contributed by atoms with Crippen LogP contribution in [0.5, 0.6) is 0 Å². The Kier molecular flexibility index (Phi) is 7.14. The van der Waals surface area contributed by atoms with Crippen LogP contribution in [0.2, 0.25) is 0 Å². The first-order chi connectivity index (χ1) is 27.3. The molecule has 2 aromatic heterocycles. The van der Waals surface area contributed by atoms with Gasteiger partial charge in [-0.2, -0.15) is 0 Å². The molecule has 11 rings (SSSR count). The van der Waals surface area contributed by atoms with Crippen molar-refractivity contribution < 1.29 is 4.42 Å². The summed E-state index contributed by atoms with van der Waals surface area (Å²) in [5.74, 6) is 1.80. The molecule has 0 bridgehead atoms. The van der Waals surface area contributed by atoms with E-state index in [9.17, 15) is 0 Å². The van der Waals surface area contributed by atoms with Crippen LogP contribution >= 0.6 is 0 Å². The van der Waals surface area contributed by atoms with Crippen molar-refractivity contribution in [2.45, 2.75) is 0 Å². The topological polar surface area (TPSA) is 51.8 Å². The minimum Gasteiger partial charge on any atom is -0.456 e. The molecule has 0 saturated carbocycles. The minimum absolute atomic E-state index is 0.589. The largest absolute Gasteiger partial charge is 0.456 e. The van der Waals surface area contributed by atoms with E-state index in [0.717, 1.165) is 60.9 Å². The Balaban J connectivity index is 1.17. The molecule has 0 aliphatic carbocycles. The third kappa shape index (κ3) is 5.19. The Morgan fingerprint density at radius 3 is 1.55 bits per heavy atom. The second-order valence-electron chi connectivity index (χ2n) is 13.9. The Labute approximate surface area is 317 Å². The molecule has 4 heteroatoms. The van der Waals surface area contributed by atoms with Crippen molar-refractivity contribution in [3.8, 4) is 56.4 Å². The molecule has 0 atom stereocenters. The van der Waals surface area contributed by atoms with Crippen LogP contribution < -0.4 is 0 Å². The molecule has 0 aliphatic rings. The molecule has 256 valence electrons. The lowest BCUT2D eigenvalue weighted by molar-refractivity contribution is 0.669. The number of furan rings is 1. The van der Waals surface area contributed by atoms with Crippen molar-refractivity contribution >= 4 is 54.3 Å². The van der Waals surface area contributed by atoms with Gasteiger partial charge in [0.15, 0.2) is 17.5 Å². The molecule has 0 fully saturated rings. The van der Waals surface area contributed by atoms with Crippen molar-refractivity contribution in [1.82, 2.24) is 15.0 Å². The summed E-state index contributed by atoms with van der Waals surface area (Å²) in [5.41, 5.74) is 8.68. The highest BCUT2D eigenvalue weighted by Gasteiger charge is 2.21. The average molecular weight is 702 g/mol. The van der Waals surface area contributed by atoms with Gasteiger partial charge in [-0.3, -0.25) is 0 Å². The molecule has 0 saturated heterocycles. The normalized spacial score (nSPS) is 11.6. The number of hydrogen-bond acceptors (Lipinski definition) is 4. The molecule has 55 heavy (non-hydrogen) atoms. The number of hydrogen-bond donors (Lipinski definition) is 0. The van der Waals surface area contributed by atoms with E-state index in [1.54, 1.807) is 0 Å². The van der Waals surface area contributed by atoms with Gasteiger partial charge >= 0.3 is 0 Å². The van der Waals surface area contributed by atoms with E-state index in [2.05, 4.69) is 146 Å². The molecule has 4 nitrogen and oxygen atoms in total. The number of benzene rings is 9. The molecule has 0 N–H and O–H groups in total. The first-order valence-electron chi connectivity index (χ1n) is 18.5. The molecule has 0 aliphatic heterocycles. The lowest BCUT2D eigenvalue weighted by Gasteiger charge is -2.15. The van der Waals surface area contributed by atoms with Crippen LogP contribution in [0, 0.1) is 0 Å². The lowest BCUT2D eigenvalue weighted by Crippen LogP contribution is -2.02. The quantitative estimate of drug-likeness (QED) is 0.168. The van der Waals surface area contributed by atoms with Crippen LogP contribution in [0.3, 0.4) is 0 Å². The molecular formula is C51H31N3O. The zero-order chi connectivity index (χ0) is 36.3. The van der Waals surface area contributed by atoms with Gasteiger partial charge in [0, 0.05) is 27.5 Å². The van der Waals surface area contributed by atoms with Gasteiger partial charge in [-0.1, -0.05) is 170 Å². The standard InChI is InChI=1S/C51H31N3O/c1-2-13-32(14-3-1)37-16-6-8-19-40(37)49-52-50(54-51(53-49)43-22-12-24-46-48(43)42-21-10-11-23-45(42)55-46)41-20-9-7-17-38(41)36-30-27-34-26-29-35-28-25-33-15-4-5-18-39(33)47(35)44(34)31-36/h1-31H. The van der Waals surface area contributed by atoms with Gasteiger partial charge in [-0.25, -0.2) is 15.0 Å². The minimum atomic E-state index is 0.589. The fourth-order valence-corrected chi connectivity index (χ4v) is 8.17. The van der Waals surface area contributed by atoms with Gasteiger partial charge in [-0.05, 0) is 72.8 Å². The van der Waals surface area contributed by atoms with E-state index < -0.39 is 0 Å². The molecular weight excluding hydrogens is 671 g/mol. The van der Waals surface area contributed by atoms with E-state index in [1.165, 1.54) is 32.3 Å². The van der Waals surface area contributed by atoms with Gasteiger partial charge < -0.3 is 4.42 Å². The van der Waals surface area contributed by atoms with E-state index in [4.69, 9.17) is 19.4 Å². The van der Waals surface area contributed by atoms with Crippen LogP contribution in [0.1, 0.15) is 0 Å². The summed E-state index contributed by atoms with van der Waals surface area (Å²) in [5, 5.41) is 9.40. The van der Waals surface area contributed by atoms with E-state index >= 15 is 0 Å². The first-order valence-corrected chi connectivity index (χ1v) is 18.5. The van der Waals surface area contributed by atoms with Gasteiger partial charge in [0.2, 0.25) is 0 Å². The molecule has 0 unspecified atom stereocenters. The maximum atomic E-state index is 6.32. The highest BCUT2D eigenvalue weighted by atomic mass is 16.3. The van der Waals surface area contributed by atoms with E-state index in [0.29, 0.717) is 17.5 Å². The van der Waals surface area contributed by atoms with E-state index in [-0.39, 0.29) is 0 Å². The summed E-state index contributed by atoms with van der Waals surface area (Å²) in [7, 11) is 0. The number of aromatic nitrogens is 3. The van der Waals surface area contributed by atoms with Crippen LogP contribution in [0.25, 0.3) is 111 Å². The number of rotatable bonds is 5.